The number of benzene rings is 2. The molecule has 1 aliphatic heterocycles. The number of hydrogen-bond acceptors (Lipinski definition) is 3. The third kappa shape index (κ3) is 3.29. The van der Waals surface area contributed by atoms with Crippen molar-refractivity contribution in [2.24, 2.45) is 0 Å². The molecule has 0 saturated heterocycles. The Morgan fingerprint density at radius 1 is 1.17 bits per heavy atom. The Labute approximate surface area is 138 Å². The first-order chi connectivity index (χ1) is 11.2. The maximum atomic E-state index is 12.1. The van der Waals surface area contributed by atoms with Crippen molar-refractivity contribution in [1.29, 1.82) is 0 Å². The van der Waals surface area contributed by atoms with Crippen LogP contribution < -0.4 is 15.0 Å². The van der Waals surface area contributed by atoms with Gasteiger partial charge in [-0.15, -0.1) is 0 Å². The van der Waals surface area contributed by atoms with Crippen molar-refractivity contribution >= 4 is 29.1 Å². The summed E-state index contributed by atoms with van der Waals surface area (Å²) < 4.78 is 5.38. The van der Waals surface area contributed by atoms with Gasteiger partial charge in [0.2, 0.25) is 0 Å². The number of nitrogens with one attached hydrogen (secondary N) is 1. The second kappa shape index (κ2) is 6.71. The summed E-state index contributed by atoms with van der Waals surface area (Å²) in [5.74, 6) is 0.282. The van der Waals surface area contributed by atoms with Gasteiger partial charge in [-0.25, -0.2) is 0 Å². The van der Waals surface area contributed by atoms with Gasteiger partial charge in [-0.1, -0.05) is 35.9 Å². The average molecular weight is 331 g/mol. The van der Waals surface area contributed by atoms with Crippen LogP contribution in [0, 0.1) is 0 Å². The number of rotatable bonds is 4. The molecule has 0 aromatic heterocycles. The number of fused-ring (bicyclic) bond motifs is 1. The van der Waals surface area contributed by atoms with Crippen LogP contribution in [0.1, 0.15) is 10.4 Å². The third-order valence-electron chi connectivity index (χ3n) is 3.55. The van der Waals surface area contributed by atoms with Gasteiger partial charge in [0.25, 0.3) is 11.8 Å². The largest absolute Gasteiger partial charge is 0.482 e. The zero-order valence-electron chi connectivity index (χ0n) is 12.3. The first kappa shape index (κ1) is 15.4. The second-order valence-electron chi connectivity index (χ2n) is 5.04. The standard InChI is InChI=1S/C17H15ClN2O3/c18-13-6-2-1-5-12(13)17(22)19-9-10-20-14-7-3-4-8-15(14)23-11-16(20)21/h1-8H,9-11H2,(H,19,22). The number of halogens is 1. The number of ether oxygens (including phenoxy) is 1. The summed E-state index contributed by atoms with van der Waals surface area (Å²) in [7, 11) is 0. The summed E-state index contributed by atoms with van der Waals surface area (Å²) in [6, 6.07) is 14.2. The maximum Gasteiger partial charge on any atom is 0.265 e. The fourth-order valence-corrected chi connectivity index (χ4v) is 2.64. The molecule has 0 atom stereocenters. The summed E-state index contributed by atoms with van der Waals surface area (Å²) in [6.07, 6.45) is 0. The number of para-hydroxylation sites is 2. The van der Waals surface area contributed by atoms with E-state index in [1.807, 2.05) is 24.3 Å². The molecule has 0 unspecified atom stereocenters. The van der Waals surface area contributed by atoms with Crippen molar-refractivity contribution < 1.29 is 14.3 Å². The molecule has 0 bridgehead atoms. The van der Waals surface area contributed by atoms with Crippen molar-refractivity contribution in [3.8, 4) is 5.75 Å². The number of anilines is 1. The van der Waals surface area contributed by atoms with Gasteiger partial charge in [0.15, 0.2) is 6.61 Å². The van der Waals surface area contributed by atoms with E-state index >= 15 is 0 Å². The topological polar surface area (TPSA) is 58.6 Å². The van der Waals surface area contributed by atoms with E-state index in [2.05, 4.69) is 5.32 Å². The van der Waals surface area contributed by atoms with Crippen LogP contribution in [-0.4, -0.2) is 31.5 Å². The van der Waals surface area contributed by atoms with E-state index in [0.29, 0.717) is 29.4 Å². The van der Waals surface area contributed by atoms with Crippen molar-refractivity contribution in [2.75, 3.05) is 24.6 Å². The van der Waals surface area contributed by atoms with Crippen molar-refractivity contribution in [3.63, 3.8) is 0 Å². The van der Waals surface area contributed by atoms with E-state index in [1.165, 1.54) is 0 Å². The minimum Gasteiger partial charge on any atom is -0.482 e. The molecule has 23 heavy (non-hydrogen) atoms. The summed E-state index contributed by atoms with van der Waals surface area (Å²) >= 11 is 5.99. The van der Waals surface area contributed by atoms with Crippen LogP contribution in [0.25, 0.3) is 0 Å². The average Bonchev–Trinajstić information content (AvgIpc) is 2.57. The Hall–Kier alpha value is -2.53. The van der Waals surface area contributed by atoms with Gasteiger partial charge < -0.3 is 15.0 Å². The molecular weight excluding hydrogens is 316 g/mol. The van der Waals surface area contributed by atoms with Gasteiger partial charge >= 0.3 is 0 Å². The molecule has 118 valence electrons. The molecule has 6 heteroatoms. The molecular formula is C17H15ClN2O3. The molecule has 0 radical (unpaired) electrons. The number of nitrogens with zero attached hydrogens (tertiary/aromatic N) is 1. The van der Waals surface area contributed by atoms with E-state index < -0.39 is 0 Å². The van der Waals surface area contributed by atoms with E-state index in [1.54, 1.807) is 29.2 Å². The van der Waals surface area contributed by atoms with Gasteiger partial charge in [0, 0.05) is 13.1 Å². The zero-order chi connectivity index (χ0) is 16.2. The van der Waals surface area contributed by atoms with Crippen LogP contribution >= 0.6 is 11.6 Å². The molecule has 0 spiro atoms. The second-order valence-corrected chi connectivity index (χ2v) is 5.44. The fourth-order valence-electron chi connectivity index (χ4n) is 2.42. The minimum atomic E-state index is -0.260. The Bertz CT molecular complexity index is 748. The SMILES string of the molecule is O=C(NCCN1C(=O)COc2ccccc21)c1ccccc1Cl. The van der Waals surface area contributed by atoms with E-state index in [4.69, 9.17) is 16.3 Å². The molecule has 5 nitrogen and oxygen atoms in total. The first-order valence-electron chi connectivity index (χ1n) is 7.22. The lowest BCUT2D eigenvalue weighted by Crippen LogP contribution is -2.43. The number of hydrogen-bond donors (Lipinski definition) is 1. The van der Waals surface area contributed by atoms with E-state index in [0.717, 1.165) is 5.69 Å². The number of amides is 2. The van der Waals surface area contributed by atoms with Crippen molar-refractivity contribution in [2.45, 2.75) is 0 Å². The van der Waals surface area contributed by atoms with Crippen LogP contribution in [0.5, 0.6) is 5.75 Å². The Kier molecular flexibility index (Phi) is 4.48. The van der Waals surface area contributed by atoms with Crippen LogP contribution in [-0.2, 0) is 4.79 Å². The van der Waals surface area contributed by atoms with Crippen LogP contribution in [0.2, 0.25) is 5.02 Å². The van der Waals surface area contributed by atoms with Crippen LogP contribution in [0.4, 0.5) is 5.69 Å². The van der Waals surface area contributed by atoms with Crippen molar-refractivity contribution in [3.05, 3.63) is 59.1 Å². The summed E-state index contributed by atoms with van der Waals surface area (Å²) in [6.45, 7) is 0.703. The molecule has 0 saturated carbocycles. The molecule has 3 rings (SSSR count). The lowest BCUT2D eigenvalue weighted by atomic mass is 10.2. The van der Waals surface area contributed by atoms with Gasteiger partial charge in [0.05, 0.1) is 16.3 Å². The van der Waals surface area contributed by atoms with Gasteiger partial charge in [-0.3, -0.25) is 9.59 Å². The molecule has 2 amide bonds. The molecule has 0 fully saturated rings. The highest BCUT2D eigenvalue weighted by Gasteiger charge is 2.24. The minimum absolute atomic E-state index is 0.00940. The summed E-state index contributed by atoms with van der Waals surface area (Å²) in [5.41, 5.74) is 1.14. The smallest absolute Gasteiger partial charge is 0.265 e. The monoisotopic (exact) mass is 330 g/mol. The van der Waals surface area contributed by atoms with Crippen LogP contribution in [0.15, 0.2) is 48.5 Å². The highest BCUT2D eigenvalue weighted by Crippen LogP contribution is 2.30. The Balaban J connectivity index is 1.64. The first-order valence-corrected chi connectivity index (χ1v) is 7.59. The Morgan fingerprint density at radius 3 is 2.74 bits per heavy atom. The number of carbonyl (C=O) groups is 2. The van der Waals surface area contributed by atoms with E-state index in [-0.39, 0.29) is 18.4 Å². The van der Waals surface area contributed by atoms with Gasteiger partial charge in [0.1, 0.15) is 5.75 Å². The lowest BCUT2D eigenvalue weighted by molar-refractivity contribution is -0.121. The summed E-state index contributed by atoms with van der Waals surface area (Å²) in [4.78, 5) is 25.8. The third-order valence-corrected chi connectivity index (χ3v) is 3.88. The van der Waals surface area contributed by atoms with Gasteiger partial charge in [-0.2, -0.15) is 0 Å². The van der Waals surface area contributed by atoms with Crippen LogP contribution in [0.3, 0.4) is 0 Å². The predicted molar refractivity (Wildman–Crippen MR) is 88.1 cm³/mol. The molecule has 1 aliphatic rings. The molecule has 0 aliphatic carbocycles. The predicted octanol–water partition coefficient (Wildman–Crippen LogP) is 2.50. The normalized spacial score (nSPS) is 13.3. The quantitative estimate of drug-likeness (QED) is 0.937. The molecule has 2 aromatic rings. The Morgan fingerprint density at radius 2 is 1.91 bits per heavy atom. The zero-order valence-corrected chi connectivity index (χ0v) is 13.0. The fraction of sp³-hybridized carbons (Fsp3) is 0.176. The number of carbonyl (C=O) groups excluding carboxylic acids is 2. The van der Waals surface area contributed by atoms with Crippen molar-refractivity contribution in [1.82, 2.24) is 5.32 Å². The maximum absolute atomic E-state index is 12.1. The highest BCUT2D eigenvalue weighted by atomic mass is 35.5. The molecule has 1 heterocycles. The lowest BCUT2D eigenvalue weighted by Gasteiger charge is -2.29. The molecule has 1 N–H and O–H groups in total. The molecule has 2 aromatic carbocycles. The van der Waals surface area contributed by atoms with Gasteiger partial charge in [-0.05, 0) is 24.3 Å². The summed E-state index contributed by atoms with van der Waals surface area (Å²) in [5, 5.41) is 3.18. The van der Waals surface area contributed by atoms with E-state index in [9.17, 15) is 9.59 Å². The highest BCUT2D eigenvalue weighted by molar-refractivity contribution is 6.33.